The van der Waals surface area contributed by atoms with E-state index in [1.807, 2.05) is 27.2 Å². The van der Waals surface area contributed by atoms with Crippen LogP contribution in [0.4, 0.5) is 0 Å². The highest BCUT2D eigenvalue weighted by atomic mass is 31.2. The van der Waals surface area contributed by atoms with Crippen LogP contribution < -0.4 is 5.32 Å². The van der Waals surface area contributed by atoms with Crippen molar-refractivity contribution in [3.63, 3.8) is 0 Å². The van der Waals surface area contributed by atoms with Crippen LogP contribution in [0.25, 0.3) is 0 Å². The fourth-order valence-electron chi connectivity index (χ4n) is 5.19. The summed E-state index contributed by atoms with van der Waals surface area (Å²) in [4.78, 5) is 23.0. The fraction of sp³-hybridized carbons (Fsp3) is 0.821. The number of phosphoric ester groups is 1. The van der Waals surface area contributed by atoms with Crippen molar-refractivity contribution in [2.45, 2.75) is 167 Å². The molecule has 0 bridgehead atoms. The molecule has 0 aromatic heterocycles. The summed E-state index contributed by atoms with van der Waals surface area (Å²) in [5, 5.41) is 13.7. The van der Waals surface area contributed by atoms with E-state index in [1.54, 1.807) is 6.08 Å². The Kier molecular flexibility index (Phi) is 30.8. The molecule has 0 radical (unpaired) electrons. The highest BCUT2D eigenvalue weighted by molar-refractivity contribution is 7.47. The number of hydrogen-bond donors (Lipinski definition) is 3. The Morgan fingerprint density at radius 3 is 1.75 bits per heavy atom. The van der Waals surface area contributed by atoms with Gasteiger partial charge in [-0.25, -0.2) is 4.57 Å². The number of nitrogens with zero attached hydrogens (tertiary/aromatic N) is 1. The van der Waals surface area contributed by atoms with Gasteiger partial charge in [-0.1, -0.05) is 134 Å². The van der Waals surface area contributed by atoms with E-state index in [4.69, 9.17) is 9.05 Å². The van der Waals surface area contributed by atoms with Crippen molar-refractivity contribution in [3.8, 4) is 0 Å². The first-order valence-electron chi connectivity index (χ1n) is 19.4. The number of quaternary nitrogens is 1. The third kappa shape index (κ3) is 33.2. The number of aliphatic hydroxyl groups is 1. The number of allylic oxidation sites excluding steroid dienone is 5. The van der Waals surface area contributed by atoms with Gasteiger partial charge in [-0.3, -0.25) is 13.8 Å². The van der Waals surface area contributed by atoms with Gasteiger partial charge >= 0.3 is 7.82 Å². The molecule has 0 aliphatic rings. The van der Waals surface area contributed by atoms with E-state index in [1.165, 1.54) is 70.6 Å². The van der Waals surface area contributed by atoms with Gasteiger partial charge in [-0.15, -0.1) is 0 Å². The van der Waals surface area contributed by atoms with Gasteiger partial charge in [0, 0.05) is 6.42 Å². The van der Waals surface area contributed by atoms with E-state index in [2.05, 4.69) is 43.5 Å². The molecule has 0 aliphatic carbocycles. The van der Waals surface area contributed by atoms with Gasteiger partial charge in [0.25, 0.3) is 0 Å². The molecule has 0 rings (SSSR count). The molecule has 0 aromatic rings. The van der Waals surface area contributed by atoms with Gasteiger partial charge < -0.3 is 19.8 Å². The number of phosphoric acid groups is 1. The third-order valence-electron chi connectivity index (χ3n) is 8.35. The number of carbonyl (C=O) groups excluding carboxylic acids is 1. The summed E-state index contributed by atoms with van der Waals surface area (Å²) in [6, 6.07) is -0.850. The van der Waals surface area contributed by atoms with Gasteiger partial charge in [0.2, 0.25) is 5.91 Å². The second-order valence-corrected chi connectivity index (χ2v) is 15.8. The maximum atomic E-state index is 12.8. The van der Waals surface area contributed by atoms with Crippen molar-refractivity contribution >= 4 is 13.7 Å². The van der Waals surface area contributed by atoms with Gasteiger partial charge in [0.1, 0.15) is 13.2 Å². The van der Waals surface area contributed by atoms with Crippen LogP contribution in [-0.4, -0.2) is 73.4 Å². The Labute approximate surface area is 296 Å². The van der Waals surface area contributed by atoms with Crippen molar-refractivity contribution < 1.29 is 32.9 Å². The first-order chi connectivity index (χ1) is 23.0. The van der Waals surface area contributed by atoms with E-state index in [-0.39, 0.29) is 19.1 Å². The molecule has 0 heterocycles. The molecular formula is C39H76N2O6P+. The number of nitrogens with one attached hydrogen (secondary N) is 1. The van der Waals surface area contributed by atoms with E-state index in [0.29, 0.717) is 17.4 Å². The van der Waals surface area contributed by atoms with E-state index < -0.39 is 20.0 Å². The summed E-state index contributed by atoms with van der Waals surface area (Å²) < 4.78 is 23.4. The predicted octanol–water partition coefficient (Wildman–Crippen LogP) is 9.96. The van der Waals surface area contributed by atoms with Crippen LogP contribution in [-0.2, 0) is 18.4 Å². The molecular weight excluding hydrogens is 623 g/mol. The monoisotopic (exact) mass is 700 g/mol. The summed E-state index contributed by atoms with van der Waals surface area (Å²) in [5.74, 6) is -0.195. The van der Waals surface area contributed by atoms with Crippen molar-refractivity contribution in [2.24, 2.45) is 0 Å². The van der Waals surface area contributed by atoms with Gasteiger partial charge in [-0.05, 0) is 51.4 Å². The van der Waals surface area contributed by atoms with Crippen LogP contribution in [0.1, 0.15) is 155 Å². The van der Waals surface area contributed by atoms with E-state index in [0.717, 1.165) is 64.2 Å². The summed E-state index contributed by atoms with van der Waals surface area (Å²) in [5.41, 5.74) is 0. The summed E-state index contributed by atoms with van der Waals surface area (Å²) in [6.45, 7) is 4.73. The second-order valence-electron chi connectivity index (χ2n) is 14.3. The minimum absolute atomic E-state index is 0.0579. The highest BCUT2D eigenvalue weighted by Gasteiger charge is 2.27. The number of aliphatic hydroxyl groups excluding tert-OH is 1. The highest BCUT2D eigenvalue weighted by Crippen LogP contribution is 2.43. The number of rotatable bonds is 34. The lowest BCUT2D eigenvalue weighted by Crippen LogP contribution is -2.45. The molecule has 1 amide bonds. The SMILES string of the molecule is CCCCC/C=C\C/C=C\CCCCCCCC(=O)NC(COP(=O)(O)OCC[N+](C)(C)C)C(O)/C=C/CCCCCCCCCCC. The molecule has 282 valence electrons. The first-order valence-corrected chi connectivity index (χ1v) is 20.9. The molecule has 0 aliphatic heterocycles. The number of likely N-dealkylation sites (N-methyl/N-ethyl adjacent to an activating group) is 1. The summed E-state index contributed by atoms with van der Waals surface area (Å²) in [7, 11) is 1.55. The lowest BCUT2D eigenvalue weighted by atomic mass is 10.1. The molecule has 3 unspecified atom stereocenters. The Morgan fingerprint density at radius 2 is 1.19 bits per heavy atom. The third-order valence-corrected chi connectivity index (χ3v) is 9.34. The normalized spacial score (nSPS) is 15.1. The summed E-state index contributed by atoms with van der Waals surface area (Å²) in [6.07, 6.45) is 36.3. The Balaban J connectivity index is 4.55. The predicted molar refractivity (Wildman–Crippen MR) is 203 cm³/mol. The molecule has 3 N–H and O–H groups in total. The molecule has 0 fully saturated rings. The lowest BCUT2D eigenvalue weighted by Gasteiger charge is -2.25. The summed E-state index contributed by atoms with van der Waals surface area (Å²) >= 11 is 0. The van der Waals surface area contributed by atoms with Crippen LogP contribution in [0.3, 0.4) is 0 Å². The van der Waals surface area contributed by atoms with Crippen LogP contribution in [0.2, 0.25) is 0 Å². The average Bonchev–Trinajstić information content (AvgIpc) is 3.02. The minimum Gasteiger partial charge on any atom is -0.387 e. The fourth-order valence-corrected chi connectivity index (χ4v) is 5.92. The van der Waals surface area contributed by atoms with Crippen LogP contribution in [0.15, 0.2) is 36.5 Å². The maximum Gasteiger partial charge on any atom is 0.472 e. The van der Waals surface area contributed by atoms with E-state index >= 15 is 0 Å². The molecule has 3 atom stereocenters. The topological polar surface area (TPSA) is 105 Å². The average molecular weight is 700 g/mol. The quantitative estimate of drug-likeness (QED) is 0.0267. The van der Waals surface area contributed by atoms with Gasteiger partial charge in [0.05, 0.1) is 39.9 Å². The number of amides is 1. The van der Waals surface area contributed by atoms with E-state index in [9.17, 15) is 19.4 Å². The lowest BCUT2D eigenvalue weighted by molar-refractivity contribution is -0.870. The minimum atomic E-state index is -4.33. The van der Waals surface area contributed by atoms with Crippen molar-refractivity contribution in [1.29, 1.82) is 0 Å². The number of hydrogen-bond acceptors (Lipinski definition) is 5. The second kappa shape index (κ2) is 31.7. The molecule has 48 heavy (non-hydrogen) atoms. The van der Waals surface area contributed by atoms with Crippen LogP contribution >= 0.6 is 7.82 Å². The zero-order valence-corrected chi connectivity index (χ0v) is 32.6. The largest absolute Gasteiger partial charge is 0.472 e. The van der Waals surface area contributed by atoms with Crippen LogP contribution in [0.5, 0.6) is 0 Å². The Morgan fingerprint density at radius 1 is 0.708 bits per heavy atom. The first kappa shape index (κ1) is 46.7. The number of carbonyl (C=O) groups is 1. The zero-order chi connectivity index (χ0) is 35.8. The maximum absolute atomic E-state index is 12.8. The van der Waals surface area contributed by atoms with Gasteiger partial charge in [-0.2, -0.15) is 0 Å². The Bertz CT molecular complexity index is 886. The molecule has 9 heteroatoms. The standard InChI is InChI=1S/C39H75N2O6P/c1-6-8-10-12-14-16-18-19-20-21-23-25-27-29-31-33-39(43)40-37(36-47-48(44,45)46-35-34-41(3,4)5)38(42)32-30-28-26-24-22-17-15-13-11-9-7-2/h14,16,19-20,30,32,37-38,42H,6-13,15,17-18,21-29,31,33-36H2,1-5H3,(H-,40,43,44,45)/p+1/b16-14-,20-19-,32-30+. The van der Waals surface area contributed by atoms with Crippen molar-refractivity contribution in [2.75, 3.05) is 40.9 Å². The number of unbranched alkanes of at least 4 members (excludes halogenated alkanes) is 17. The van der Waals surface area contributed by atoms with Crippen LogP contribution in [0, 0.1) is 0 Å². The van der Waals surface area contributed by atoms with Crippen molar-refractivity contribution in [1.82, 2.24) is 5.32 Å². The molecule has 0 aromatic carbocycles. The van der Waals surface area contributed by atoms with Crippen molar-refractivity contribution in [3.05, 3.63) is 36.5 Å². The molecule has 0 saturated heterocycles. The smallest absolute Gasteiger partial charge is 0.387 e. The Hall–Kier alpha value is -1.28. The van der Waals surface area contributed by atoms with Gasteiger partial charge in [0.15, 0.2) is 0 Å². The zero-order valence-electron chi connectivity index (χ0n) is 31.7. The molecule has 8 nitrogen and oxygen atoms in total. The molecule has 0 saturated carbocycles. The molecule has 0 spiro atoms.